The van der Waals surface area contributed by atoms with Crippen LogP contribution in [0, 0.1) is 0 Å². The second-order valence-electron chi connectivity index (χ2n) is 11.4. The Kier molecular flexibility index (Phi) is 6.57. The Morgan fingerprint density at radius 1 is 0.553 bits per heavy atom. The number of hydrogen-bond acceptors (Lipinski definition) is 6. The smallest absolute Gasteiger partial charge is 0.253 e. The van der Waals surface area contributed by atoms with Crippen LogP contribution in [0.5, 0.6) is 0 Å². The molecule has 0 aliphatic carbocycles. The first-order valence-electron chi connectivity index (χ1n) is 12.7. The van der Waals surface area contributed by atoms with Crippen LogP contribution in [0.3, 0.4) is 0 Å². The number of nitrogens with zero attached hydrogens (tertiary/aromatic N) is 4. The average molecular weight is 505 g/mol. The summed E-state index contributed by atoms with van der Waals surface area (Å²) < 4.78 is 12.3. The molecule has 0 bridgehead atoms. The molecule has 5 rings (SSSR count). The Balaban J connectivity index is 1.50. The Labute approximate surface area is 223 Å². The highest BCUT2D eigenvalue weighted by Crippen LogP contribution is 2.31. The Morgan fingerprint density at radius 3 is 1.37 bits per heavy atom. The first kappa shape index (κ1) is 25.3. The predicted octanol–water partition coefficient (Wildman–Crippen LogP) is 7.97. The Bertz CT molecular complexity index is 1450. The lowest BCUT2D eigenvalue weighted by Gasteiger charge is -2.18. The molecule has 0 saturated carbocycles. The van der Waals surface area contributed by atoms with Crippen LogP contribution in [0.4, 0.5) is 0 Å². The van der Waals surface area contributed by atoms with Crippen molar-refractivity contribution < 1.29 is 8.83 Å². The van der Waals surface area contributed by atoms with Crippen molar-refractivity contribution >= 4 is 11.6 Å². The van der Waals surface area contributed by atoms with Gasteiger partial charge in [0, 0.05) is 11.1 Å². The summed E-state index contributed by atoms with van der Waals surface area (Å²) in [4.78, 5) is 0. The van der Waals surface area contributed by atoms with Gasteiger partial charge in [0.15, 0.2) is 0 Å². The molecule has 0 atom stereocenters. The van der Waals surface area contributed by atoms with Crippen LogP contribution in [0.2, 0.25) is 0 Å². The van der Waals surface area contributed by atoms with E-state index in [0.29, 0.717) is 29.1 Å². The third-order valence-electron chi connectivity index (χ3n) is 6.42. The van der Waals surface area contributed by atoms with Crippen LogP contribution in [-0.2, 0) is 10.8 Å². The van der Waals surface area contributed by atoms with Gasteiger partial charge in [-0.05, 0) is 57.9 Å². The fourth-order valence-corrected chi connectivity index (χ4v) is 4.05. The molecule has 0 amide bonds. The largest absolute Gasteiger partial charge is 0.416 e. The van der Waals surface area contributed by atoms with Gasteiger partial charge in [-0.15, -0.1) is 20.4 Å². The van der Waals surface area contributed by atoms with Crippen molar-refractivity contribution in [2.24, 2.45) is 0 Å². The van der Waals surface area contributed by atoms with E-state index in [4.69, 9.17) is 8.83 Å². The van der Waals surface area contributed by atoms with E-state index >= 15 is 0 Å². The van der Waals surface area contributed by atoms with Crippen molar-refractivity contribution in [3.8, 4) is 22.9 Å². The minimum Gasteiger partial charge on any atom is -0.416 e. The van der Waals surface area contributed by atoms with E-state index < -0.39 is 0 Å². The molecule has 5 aromatic rings. The second-order valence-corrected chi connectivity index (χ2v) is 11.4. The molecule has 6 nitrogen and oxygen atoms in total. The molecule has 2 aromatic heterocycles. The number of rotatable bonds is 5. The zero-order valence-electron chi connectivity index (χ0n) is 22.7. The van der Waals surface area contributed by atoms with E-state index in [1.807, 2.05) is 60.7 Å². The summed E-state index contributed by atoms with van der Waals surface area (Å²) in [6.45, 7) is 13.1. The van der Waals surface area contributed by atoms with Crippen LogP contribution in [0.25, 0.3) is 34.6 Å². The van der Waals surface area contributed by atoms with Gasteiger partial charge < -0.3 is 8.83 Å². The summed E-state index contributed by atoms with van der Waals surface area (Å²) in [6.07, 6.45) is 1.92. The molecule has 192 valence electrons. The van der Waals surface area contributed by atoms with E-state index in [2.05, 4.69) is 86.2 Å². The molecule has 2 heterocycles. The zero-order valence-corrected chi connectivity index (χ0v) is 22.7. The number of hydrogen-bond donors (Lipinski definition) is 0. The Morgan fingerprint density at radius 2 is 0.974 bits per heavy atom. The van der Waals surface area contributed by atoms with Gasteiger partial charge in [-0.2, -0.15) is 0 Å². The maximum absolute atomic E-state index is 6.13. The highest BCUT2D eigenvalue weighted by Gasteiger charge is 2.22. The molecule has 0 aliphatic heterocycles. The second kappa shape index (κ2) is 9.86. The van der Waals surface area contributed by atoms with Crippen molar-refractivity contribution in [3.63, 3.8) is 0 Å². The summed E-state index contributed by atoms with van der Waals surface area (Å²) in [5.41, 5.74) is 5.80. The number of benzene rings is 3. The van der Waals surface area contributed by atoms with Crippen molar-refractivity contribution in [2.75, 3.05) is 0 Å². The Hall–Kier alpha value is -4.32. The third kappa shape index (κ3) is 5.49. The van der Waals surface area contributed by atoms with Gasteiger partial charge in [0.1, 0.15) is 5.57 Å². The molecule has 0 spiro atoms. The SMILES string of the molecule is CC(C)(C)c1ccc(-c2nnc(C(=Cc3ccccc3)c3nnc(-c4ccc(C(C)(C)C)cc4)o3)o2)cc1. The van der Waals surface area contributed by atoms with Crippen molar-refractivity contribution in [1.29, 1.82) is 0 Å². The number of aromatic nitrogens is 4. The lowest BCUT2D eigenvalue weighted by Crippen LogP contribution is -2.10. The maximum atomic E-state index is 6.13. The van der Waals surface area contributed by atoms with Gasteiger partial charge in [-0.25, -0.2) is 0 Å². The van der Waals surface area contributed by atoms with Gasteiger partial charge in [0.05, 0.1) is 0 Å². The monoisotopic (exact) mass is 504 g/mol. The summed E-state index contributed by atoms with van der Waals surface area (Å²) in [5, 5.41) is 17.3. The van der Waals surface area contributed by atoms with E-state index in [0.717, 1.165) is 16.7 Å². The predicted molar refractivity (Wildman–Crippen MR) is 150 cm³/mol. The van der Waals surface area contributed by atoms with Crippen LogP contribution in [0.15, 0.2) is 87.7 Å². The molecule has 0 saturated heterocycles. The van der Waals surface area contributed by atoms with Crippen LogP contribution in [0.1, 0.15) is 70.0 Å². The van der Waals surface area contributed by atoms with Crippen LogP contribution >= 0.6 is 0 Å². The molecule has 0 radical (unpaired) electrons. The summed E-state index contributed by atoms with van der Waals surface area (Å²) in [7, 11) is 0. The minimum absolute atomic E-state index is 0.0624. The molecule has 6 heteroatoms. The van der Waals surface area contributed by atoms with Crippen molar-refractivity contribution in [3.05, 3.63) is 107 Å². The lowest BCUT2D eigenvalue weighted by molar-refractivity contribution is 0.529. The standard InChI is InChI=1S/C32H32N4O2/c1-31(2,3)24-16-12-22(13-17-24)27-33-35-29(37-27)26(20-21-10-8-7-9-11-21)30-36-34-28(38-30)23-14-18-25(19-15-23)32(4,5)6/h7-20H,1-6H3. The molecule has 38 heavy (non-hydrogen) atoms. The van der Waals surface area contributed by atoms with Gasteiger partial charge in [-0.3, -0.25) is 0 Å². The quantitative estimate of drug-likeness (QED) is 0.241. The third-order valence-corrected chi connectivity index (χ3v) is 6.42. The van der Waals surface area contributed by atoms with Crippen LogP contribution in [-0.4, -0.2) is 20.4 Å². The molecule has 3 aromatic carbocycles. The van der Waals surface area contributed by atoms with Crippen molar-refractivity contribution in [1.82, 2.24) is 20.4 Å². The maximum Gasteiger partial charge on any atom is 0.253 e. The first-order valence-corrected chi connectivity index (χ1v) is 12.7. The van der Waals surface area contributed by atoms with E-state index in [9.17, 15) is 0 Å². The summed E-state index contributed by atoms with van der Waals surface area (Å²) in [5.74, 6) is 1.47. The van der Waals surface area contributed by atoms with Crippen LogP contribution < -0.4 is 0 Å². The summed E-state index contributed by atoms with van der Waals surface area (Å²) in [6, 6.07) is 26.3. The normalized spacial score (nSPS) is 11.9. The first-order chi connectivity index (χ1) is 18.1. The van der Waals surface area contributed by atoms with E-state index in [1.54, 1.807) is 0 Å². The molecule has 0 fully saturated rings. The molecular weight excluding hydrogens is 472 g/mol. The molecule has 0 N–H and O–H groups in total. The van der Waals surface area contributed by atoms with E-state index in [1.165, 1.54) is 11.1 Å². The van der Waals surface area contributed by atoms with Gasteiger partial charge >= 0.3 is 0 Å². The zero-order chi connectivity index (χ0) is 26.9. The molecule has 0 aliphatic rings. The lowest BCUT2D eigenvalue weighted by atomic mass is 9.87. The van der Waals surface area contributed by atoms with E-state index in [-0.39, 0.29) is 10.8 Å². The highest BCUT2D eigenvalue weighted by molar-refractivity contribution is 5.85. The van der Waals surface area contributed by atoms with Gasteiger partial charge in [-0.1, -0.05) is 96.1 Å². The van der Waals surface area contributed by atoms with Gasteiger partial charge in [0.25, 0.3) is 11.8 Å². The summed E-state index contributed by atoms with van der Waals surface area (Å²) >= 11 is 0. The van der Waals surface area contributed by atoms with Crippen molar-refractivity contribution in [2.45, 2.75) is 52.4 Å². The molecular formula is C32H32N4O2. The fourth-order valence-electron chi connectivity index (χ4n) is 4.05. The minimum atomic E-state index is 0.0624. The van der Waals surface area contributed by atoms with Gasteiger partial charge in [0.2, 0.25) is 11.8 Å². The highest BCUT2D eigenvalue weighted by atomic mass is 16.4. The topological polar surface area (TPSA) is 77.8 Å². The molecule has 0 unspecified atom stereocenters. The fraction of sp³-hybridized carbons (Fsp3) is 0.250. The average Bonchev–Trinajstić information content (AvgIpc) is 3.58.